The predicted octanol–water partition coefficient (Wildman–Crippen LogP) is 2.34. The molecule has 1 aliphatic carbocycles. The first kappa shape index (κ1) is 13.6. The van der Waals surface area contributed by atoms with E-state index >= 15 is 0 Å². The average molecular weight is 267 g/mol. The topological polar surface area (TPSA) is 46.2 Å². The Kier molecular flexibility index (Phi) is 4.40. The molecule has 1 N–H and O–H groups in total. The zero-order chi connectivity index (χ0) is 13.0. The smallest absolute Gasteiger partial charge is 0.211 e. The minimum absolute atomic E-state index is 0.121. The van der Waals surface area contributed by atoms with Crippen LogP contribution in [0.5, 0.6) is 0 Å². The molecular formula is C14H21NO2S. The van der Waals surface area contributed by atoms with E-state index in [9.17, 15) is 8.42 Å². The number of sulfonamides is 1. The molecule has 2 atom stereocenters. The van der Waals surface area contributed by atoms with Crippen LogP contribution in [0.4, 0.5) is 0 Å². The van der Waals surface area contributed by atoms with Gasteiger partial charge in [-0.3, -0.25) is 0 Å². The van der Waals surface area contributed by atoms with Gasteiger partial charge in [0.1, 0.15) is 0 Å². The van der Waals surface area contributed by atoms with E-state index in [0.717, 1.165) is 25.7 Å². The number of rotatable bonds is 5. The third kappa shape index (κ3) is 3.56. The maximum Gasteiger partial charge on any atom is 0.211 e. The summed E-state index contributed by atoms with van der Waals surface area (Å²) in [6, 6.07) is 10.4. The second-order valence-electron chi connectivity index (χ2n) is 5.01. The molecule has 1 aromatic rings. The van der Waals surface area contributed by atoms with Gasteiger partial charge in [0.25, 0.3) is 0 Å². The minimum atomic E-state index is -3.08. The molecule has 1 aliphatic rings. The third-order valence-electron chi connectivity index (χ3n) is 3.71. The standard InChI is InChI=1S/C14H21NO2S/c1-2-18(16,17)15-14-10-6-9-13(14)11-12-7-4-3-5-8-12/h3-5,7-8,13-15H,2,6,9-11H2,1H3. The van der Waals surface area contributed by atoms with Crippen LogP contribution in [0.25, 0.3) is 0 Å². The lowest BCUT2D eigenvalue weighted by Gasteiger charge is -2.20. The van der Waals surface area contributed by atoms with Crippen molar-refractivity contribution in [2.75, 3.05) is 5.75 Å². The molecular weight excluding hydrogens is 246 g/mol. The van der Waals surface area contributed by atoms with E-state index in [1.54, 1.807) is 6.92 Å². The average Bonchev–Trinajstić information content (AvgIpc) is 2.77. The summed E-state index contributed by atoms with van der Waals surface area (Å²) in [4.78, 5) is 0. The van der Waals surface area contributed by atoms with Crippen molar-refractivity contribution >= 4 is 10.0 Å². The summed E-state index contributed by atoms with van der Waals surface area (Å²) in [5.41, 5.74) is 1.30. The van der Waals surface area contributed by atoms with Crippen LogP contribution in [-0.2, 0) is 16.4 Å². The fraction of sp³-hybridized carbons (Fsp3) is 0.571. The van der Waals surface area contributed by atoms with Crippen LogP contribution in [0.3, 0.4) is 0 Å². The monoisotopic (exact) mass is 267 g/mol. The zero-order valence-corrected chi connectivity index (χ0v) is 11.6. The molecule has 0 spiro atoms. The lowest BCUT2D eigenvalue weighted by atomic mass is 9.95. The van der Waals surface area contributed by atoms with Gasteiger partial charge in [0.2, 0.25) is 10.0 Å². The fourth-order valence-electron chi connectivity index (χ4n) is 2.67. The molecule has 0 bridgehead atoms. The highest BCUT2D eigenvalue weighted by atomic mass is 32.2. The molecule has 3 nitrogen and oxygen atoms in total. The van der Waals surface area contributed by atoms with E-state index in [4.69, 9.17) is 0 Å². The normalized spacial score (nSPS) is 24.3. The molecule has 0 saturated heterocycles. The van der Waals surface area contributed by atoms with Crippen LogP contribution in [0, 0.1) is 5.92 Å². The molecule has 0 aromatic heterocycles. The maximum absolute atomic E-state index is 11.6. The summed E-state index contributed by atoms with van der Waals surface area (Å²) in [6.45, 7) is 1.68. The third-order valence-corrected chi connectivity index (χ3v) is 5.13. The van der Waals surface area contributed by atoms with E-state index in [1.807, 2.05) is 18.2 Å². The summed E-state index contributed by atoms with van der Waals surface area (Å²) < 4.78 is 26.1. The Morgan fingerprint density at radius 1 is 1.22 bits per heavy atom. The van der Waals surface area contributed by atoms with Gasteiger partial charge in [-0.25, -0.2) is 13.1 Å². The first-order valence-electron chi connectivity index (χ1n) is 6.64. The van der Waals surface area contributed by atoms with Crippen LogP contribution in [0.15, 0.2) is 30.3 Å². The van der Waals surface area contributed by atoms with Gasteiger partial charge in [-0.05, 0) is 37.7 Å². The lowest BCUT2D eigenvalue weighted by molar-refractivity contribution is 0.442. The van der Waals surface area contributed by atoms with Crippen LogP contribution < -0.4 is 4.72 Å². The van der Waals surface area contributed by atoms with E-state index in [-0.39, 0.29) is 11.8 Å². The molecule has 1 aromatic carbocycles. The van der Waals surface area contributed by atoms with Gasteiger partial charge in [0, 0.05) is 6.04 Å². The molecule has 2 rings (SSSR count). The molecule has 18 heavy (non-hydrogen) atoms. The zero-order valence-electron chi connectivity index (χ0n) is 10.8. The van der Waals surface area contributed by atoms with Gasteiger partial charge in [0.05, 0.1) is 5.75 Å². The lowest BCUT2D eigenvalue weighted by Crippen LogP contribution is -2.38. The summed E-state index contributed by atoms with van der Waals surface area (Å²) in [6.07, 6.45) is 4.18. The summed E-state index contributed by atoms with van der Waals surface area (Å²) in [5, 5.41) is 0. The Bertz CT molecular complexity index is 470. The van der Waals surface area contributed by atoms with E-state index in [2.05, 4.69) is 16.9 Å². The predicted molar refractivity (Wildman–Crippen MR) is 73.9 cm³/mol. The van der Waals surface area contributed by atoms with Crippen molar-refractivity contribution in [3.63, 3.8) is 0 Å². The van der Waals surface area contributed by atoms with Crippen molar-refractivity contribution in [1.82, 2.24) is 4.72 Å². The molecule has 1 saturated carbocycles. The van der Waals surface area contributed by atoms with Gasteiger partial charge < -0.3 is 0 Å². The van der Waals surface area contributed by atoms with Gasteiger partial charge >= 0.3 is 0 Å². The molecule has 1 fully saturated rings. The molecule has 0 heterocycles. The van der Waals surface area contributed by atoms with Crippen LogP contribution in [-0.4, -0.2) is 20.2 Å². The highest BCUT2D eigenvalue weighted by molar-refractivity contribution is 7.89. The van der Waals surface area contributed by atoms with Gasteiger partial charge in [-0.15, -0.1) is 0 Å². The fourth-order valence-corrected chi connectivity index (χ4v) is 3.61. The molecule has 4 heteroatoms. The van der Waals surface area contributed by atoms with Crippen molar-refractivity contribution in [3.8, 4) is 0 Å². The van der Waals surface area contributed by atoms with Crippen molar-refractivity contribution < 1.29 is 8.42 Å². The summed E-state index contributed by atoms with van der Waals surface area (Å²) in [7, 11) is -3.08. The summed E-state index contributed by atoms with van der Waals surface area (Å²) in [5.74, 6) is 0.607. The highest BCUT2D eigenvalue weighted by Crippen LogP contribution is 2.29. The number of benzene rings is 1. The van der Waals surface area contributed by atoms with Crippen molar-refractivity contribution in [2.45, 2.75) is 38.6 Å². The minimum Gasteiger partial charge on any atom is -0.212 e. The number of hydrogen-bond acceptors (Lipinski definition) is 2. The quantitative estimate of drug-likeness (QED) is 0.890. The SMILES string of the molecule is CCS(=O)(=O)NC1CCCC1Cc1ccccc1. The van der Waals surface area contributed by atoms with Crippen LogP contribution in [0.2, 0.25) is 0 Å². The van der Waals surface area contributed by atoms with Gasteiger partial charge in [0.15, 0.2) is 0 Å². The van der Waals surface area contributed by atoms with E-state index in [0.29, 0.717) is 5.92 Å². The van der Waals surface area contributed by atoms with E-state index < -0.39 is 10.0 Å². The van der Waals surface area contributed by atoms with E-state index in [1.165, 1.54) is 5.56 Å². The van der Waals surface area contributed by atoms with Crippen LogP contribution in [0.1, 0.15) is 31.7 Å². The molecule has 0 radical (unpaired) electrons. The largest absolute Gasteiger partial charge is 0.212 e. The first-order valence-corrected chi connectivity index (χ1v) is 8.30. The summed E-state index contributed by atoms with van der Waals surface area (Å²) >= 11 is 0. The number of hydrogen-bond donors (Lipinski definition) is 1. The van der Waals surface area contributed by atoms with Crippen LogP contribution >= 0.6 is 0 Å². The Balaban J connectivity index is 2.00. The van der Waals surface area contributed by atoms with Gasteiger partial charge in [-0.1, -0.05) is 36.8 Å². The Morgan fingerprint density at radius 2 is 1.94 bits per heavy atom. The van der Waals surface area contributed by atoms with Crippen molar-refractivity contribution in [2.24, 2.45) is 5.92 Å². The molecule has 0 amide bonds. The number of nitrogens with one attached hydrogen (secondary N) is 1. The Labute approximate surface area is 110 Å². The molecule has 0 aliphatic heterocycles. The highest BCUT2D eigenvalue weighted by Gasteiger charge is 2.29. The van der Waals surface area contributed by atoms with Crippen molar-refractivity contribution in [3.05, 3.63) is 35.9 Å². The molecule has 2 unspecified atom stereocenters. The second kappa shape index (κ2) is 5.85. The van der Waals surface area contributed by atoms with Crippen molar-refractivity contribution in [1.29, 1.82) is 0 Å². The Morgan fingerprint density at radius 3 is 2.61 bits per heavy atom. The molecule has 100 valence electrons. The maximum atomic E-state index is 11.6. The Hall–Kier alpha value is -0.870. The van der Waals surface area contributed by atoms with Gasteiger partial charge in [-0.2, -0.15) is 0 Å². The second-order valence-corrected chi connectivity index (χ2v) is 7.05. The first-order chi connectivity index (χ1) is 8.61.